The van der Waals surface area contributed by atoms with Crippen molar-refractivity contribution >= 4 is 29.2 Å². The molecule has 0 unspecified atom stereocenters. The van der Waals surface area contributed by atoms with Crippen molar-refractivity contribution in [1.29, 1.82) is 0 Å². The van der Waals surface area contributed by atoms with E-state index in [-0.39, 0.29) is 11.4 Å². The van der Waals surface area contributed by atoms with Gasteiger partial charge in [0.25, 0.3) is 5.91 Å². The molecule has 0 aliphatic carbocycles. The van der Waals surface area contributed by atoms with E-state index >= 15 is 0 Å². The van der Waals surface area contributed by atoms with Gasteiger partial charge in [0.05, 0.1) is 17.1 Å². The first kappa shape index (κ1) is 18.6. The minimum Gasteiger partial charge on any atom is -0.455 e. The Morgan fingerprint density at radius 1 is 1.19 bits per heavy atom. The van der Waals surface area contributed by atoms with Crippen LogP contribution in [0.15, 0.2) is 59.2 Å². The molecule has 1 heterocycles. The molecule has 2 aromatic carbocycles. The molecule has 0 radical (unpaired) electrons. The van der Waals surface area contributed by atoms with Crippen LogP contribution in [-0.2, 0) is 20.7 Å². The maximum atomic E-state index is 13.1. The molecule has 0 bridgehead atoms. The highest BCUT2D eigenvalue weighted by Crippen LogP contribution is 2.20. The standard InChI is InChI=1S/C19H14ClFN2O4/c20-15-8-13(6-7-16(15)21)22-17(24)11-26-18(25)9-14-10-27-19(23-14)12-4-2-1-3-5-12/h1-8,10H,9,11H2,(H,22,24). The van der Waals surface area contributed by atoms with Crippen LogP contribution in [0.5, 0.6) is 0 Å². The zero-order valence-electron chi connectivity index (χ0n) is 13.9. The van der Waals surface area contributed by atoms with Crippen LogP contribution in [0.1, 0.15) is 5.69 Å². The van der Waals surface area contributed by atoms with Crippen LogP contribution in [-0.4, -0.2) is 23.5 Å². The van der Waals surface area contributed by atoms with Gasteiger partial charge < -0.3 is 14.5 Å². The zero-order chi connectivity index (χ0) is 19.2. The molecule has 138 valence electrons. The molecule has 1 aromatic heterocycles. The van der Waals surface area contributed by atoms with Crippen LogP contribution >= 0.6 is 11.6 Å². The fourth-order valence-electron chi connectivity index (χ4n) is 2.22. The summed E-state index contributed by atoms with van der Waals surface area (Å²) in [5.74, 6) is -1.40. The van der Waals surface area contributed by atoms with Gasteiger partial charge in [0.1, 0.15) is 12.1 Å². The Morgan fingerprint density at radius 3 is 2.70 bits per heavy atom. The quantitative estimate of drug-likeness (QED) is 0.648. The number of halogens is 2. The topological polar surface area (TPSA) is 81.4 Å². The normalized spacial score (nSPS) is 10.4. The lowest BCUT2D eigenvalue weighted by Gasteiger charge is -2.06. The van der Waals surface area contributed by atoms with E-state index in [4.69, 9.17) is 20.8 Å². The summed E-state index contributed by atoms with van der Waals surface area (Å²) in [5.41, 5.74) is 1.48. The fourth-order valence-corrected chi connectivity index (χ4v) is 2.40. The summed E-state index contributed by atoms with van der Waals surface area (Å²) in [6, 6.07) is 13.0. The number of nitrogens with one attached hydrogen (secondary N) is 1. The summed E-state index contributed by atoms with van der Waals surface area (Å²) in [6.45, 7) is -0.489. The number of nitrogens with zero attached hydrogens (tertiary/aromatic N) is 1. The molecule has 1 amide bonds. The number of amides is 1. The van der Waals surface area contributed by atoms with Gasteiger partial charge in [0.15, 0.2) is 6.61 Å². The second kappa shape index (κ2) is 8.46. The second-order valence-electron chi connectivity index (χ2n) is 5.52. The summed E-state index contributed by atoms with van der Waals surface area (Å²) in [7, 11) is 0. The second-order valence-corrected chi connectivity index (χ2v) is 5.93. The van der Waals surface area contributed by atoms with E-state index in [9.17, 15) is 14.0 Å². The summed E-state index contributed by atoms with van der Waals surface area (Å²) < 4.78 is 23.3. The number of benzene rings is 2. The number of anilines is 1. The van der Waals surface area contributed by atoms with Gasteiger partial charge in [0, 0.05) is 11.3 Å². The van der Waals surface area contributed by atoms with E-state index < -0.39 is 24.3 Å². The number of esters is 1. The van der Waals surface area contributed by atoms with Gasteiger partial charge in [-0.05, 0) is 30.3 Å². The van der Waals surface area contributed by atoms with Crippen molar-refractivity contribution in [2.75, 3.05) is 11.9 Å². The third-order valence-corrected chi connectivity index (χ3v) is 3.76. The first-order valence-corrected chi connectivity index (χ1v) is 8.29. The van der Waals surface area contributed by atoms with Crippen LogP contribution in [0.2, 0.25) is 5.02 Å². The molecule has 0 spiro atoms. The third-order valence-electron chi connectivity index (χ3n) is 3.47. The predicted molar refractivity (Wildman–Crippen MR) is 96.6 cm³/mol. The van der Waals surface area contributed by atoms with E-state index in [1.54, 1.807) is 0 Å². The number of hydrogen-bond donors (Lipinski definition) is 1. The summed E-state index contributed by atoms with van der Waals surface area (Å²) in [5, 5.41) is 2.33. The Balaban J connectivity index is 1.49. The summed E-state index contributed by atoms with van der Waals surface area (Å²) in [4.78, 5) is 27.9. The first-order valence-electron chi connectivity index (χ1n) is 7.91. The average Bonchev–Trinajstić information content (AvgIpc) is 3.12. The number of oxazole rings is 1. The molecule has 3 aromatic rings. The maximum absolute atomic E-state index is 13.1. The van der Waals surface area contributed by atoms with Gasteiger partial charge in [-0.15, -0.1) is 0 Å². The maximum Gasteiger partial charge on any atom is 0.312 e. The third kappa shape index (κ3) is 5.15. The van der Waals surface area contributed by atoms with Crippen LogP contribution in [0, 0.1) is 5.82 Å². The predicted octanol–water partition coefficient (Wildman–Crippen LogP) is 3.86. The van der Waals surface area contributed by atoms with Crippen molar-refractivity contribution in [3.63, 3.8) is 0 Å². The lowest BCUT2D eigenvalue weighted by Crippen LogP contribution is -2.21. The lowest BCUT2D eigenvalue weighted by molar-refractivity contribution is -0.146. The molecule has 8 heteroatoms. The van der Waals surface area contributed by atoms with Crippen molar-refractivity contribution < 1.29 is 23.1 Å². The van der Waals surface area contributed by atoms with Crippen molar-refractivity contribution in [2.45, 2.75) is 6.42 Å². The van der Waals surface area contributed by atoms with Gasteiger partial charge in [-0.2, -0.15) is 0 Å². The lowest BCUT2D eigenvalue weighted by atomic mass is 10.2. The van der Waals surface area contributed by atoms with Gasteiger partial charge in [0.2, 0.25) is 5.89 Å². The Labute approximate surface area is 158 Å². The fraction of sp³-hybridized carbons (Fsp3) is 0.105. The number of rotatable bonds is 6. The molecule has 27 heavy (non-hydrogen) atoms. The Hall–Kier alpha value is -3.19. The van der Waals surface area contributed by atoms with Gasteiger partial charge in [-0.3, -0.25) is 9.59 Å². The largest absolute Gasteiger partial charge is 0.455 e. The SMILES string of the molecule is O=C(COC(=O)Cc1coc(-c2ccccc2)n1)Nc1ccc(F)c(Cl)c1. The monoisotopic (exact) mass is 388 g/mol. The molecular weight excluding hydrogens is 375 g/mol. The number of hydrogen-bond acceptors (Lipinski definition) is 5. The number of carbonyl (C=O) groups excluding carboxylic acids is 2. The zero-order valence-corrected chi connectivity index (χ0v) is 14.7. The molecule has 6 nitrogen and oxygen atoms in total. The van der Waals surface area contributed by atoms with E-state index in [1.165, 1.54) is 18.4 Å². The van der Waals surface area contributed by atoms with E-state index in [0.717, 1.165) is 11.6 Å². The van der Waals surface area contributed by atoms with Crippen LogP contribution in [0.4, 0.5) is 10.1 Å². The molecular formula is C19H14ClFN2O4. The molecule has 0 aliphatic heterocycles. The van der Waals surface area contributed by atoms with Gasteiger partial charge in [-0.25, -0.2) is 9.37 Å². The first-order chi connectivity index (χ1) is 13.0. The van der Waals surface area contributed by atoms with Crippen LogP contribution in [0.3, 0.4) is 0 Å². The number of carbonyl (C=O) groups is 2. The minimum absolute atomic E-state index is 0.120. The smallest absolute Gasteiger partial charge is 0.312 e. The summed E-state index contributed by atoms with van der Waals surface area (Å²) >= 11 is 5.63. The Bertz CT molecular complexity index is 959. The number of ether oxygens (including phenoxy) is 1. The molecule has 0 saturated carbocycles. The average molecular weight is 389 g/mol. The molecule has 0 aliphatic rings. The number of aromatic nitrogens is 1. The molecule has 0 saturated heterocycles. The van der Waals surface area contributed by atoms with Crippen molar-refractivity contribution in [3.8, 4) is 11.5 Å². The summed E-state index contributed by atoms with van der Waals surface area (Å²) in [6.07, 6.45) is 1.23. The Morgan fingerprint density at radius 2 is 1.96 bits per heavy atom. The van der Waals surface area contributed by atoms with Gasteiger partial charge >= 0.3 is 5.97 Å². The molecule has 3 rings (SSSR count). The highest BCUT2D eigenvalue weighted by Gasteiger charge is 2.13. The molecule has 0 fully saturated rings. The van der Waals surface area contributed by atoms with E-state index in [1.807, 2.05) is 30.3 Å². The van der Waals surface area contributed by atoms with E-state index in [2.05, 4.69) is 10.3 Å². The van der Waals surface area contributed by atoms with E-state index in [0.29, 0.717) is 17.3 Å². The van der Waals surface area contributed by atoms with Crippen molar-refractivity contribution in [2.24, 2.45) is 0 Å². The van der Waals surface area contributed by atoms with Crippen LogP contribution in [0.25, 0.3) is 11.5 Å². The van der Waals surface area contributed by atoms with Crippen molar-refractivity contribution in [3.05, 3.63) is 71.3 Å². The highest BCUT2D eigenvalue weighted by atomic mass is 35.5. The van der Waals surface area contributed by atoms with Crippen molar-refractivity contribution in [1.82, 2.24) is 4.98 Å². The Kier molecular flexibility index (Phi) is 5.83. The van der Waals surface area contributed by atoms with Gasteiger partial charge in [-0.1, -0.05) is 29.8 Å². The van der Waals surface area contributed by atoms with Crippen LogP contribution < -0.4 is 5.32 Å². The molecule has 1 N–H and O–H groups in total. The minimum atomic E-state index is -0.629. The highest BCUT2D eigenvalue weighted by molar-refractivity contribution is 6.31. The molecule has 0 atom stereocenters.